The summed E-state index contributed by atoms with van der Waals surface area (Å²) >= 11 is 0. The maximum atomic E-state index is 5.97. The van der Waals surface area contributed by atoms with Crippen molar-refractivity contribution in [2.45, 2.75) is 25.5 Å². The normalized spacial score (nSPS) is 21.8. The Hall–Kier alpha value is -1.26. The van der Waals surface area contributed by atoms with Crippen molar-refractivity contribution in [3.05, 3.63) is 24.3 Å². The minimum Gasteiger partial charge on any atom is -0.497 e. The number of likely N-dealkylation sites (tertiary alicyclic amines) is 1. The molecular weight excluding hydrogens is 471 g/mol. The number of nitrogens with zero attached hydrogens (tertiary/aromatic N) is 3. The molecule has 2 aliphatic heterocycles. The second kappa shape index (κ2) is 11.7. The monoisotopic (exact) mass is 504 g/mol. The van der Waals surface area contributed by atoms with Crippen molar-refractivity contribution in [2.75, 3.05) is 60.1 Å². The number of halogens is 1. The molecule has 0 spiro atoms. The quantitative estimate of drug-likeness (QED) is 0.364. The van der Waals surface area contributed by atoms with Crippen LogP contribution in [0.3, 0.4) is 0 Å². The molecule has 3 rings (SSSR count). The van der Waals surface area contributed by atoms with Gasteiger partial charge in [-0.05, 0) is 37.6 Å². The smallest absolute Gasteiger partial charge is 0.193 e. The van der Waals surface area contributed by atoms with Gasteiger partial charge in [-0.15, -0.1) is 24.0 Å². The second-order valence-corrected chi connectivity index (χ2v) is 7.07. The molecule has 1 N–H and O–H groups in total. The Morgan fingerprint density at radius 3 is 2.54 bits per heavy atom. The van der Waals surface area contributed by atoms with Crippen LogP contribution in [0, 0.1) is 0 Å². The maximum absolute atomic E-state index is 5.97. The molecule has 0 aromatic heterocycles. The van der Waals surface area contributed by atoms with Crippen LogP contribution in [-0.2, 0) is 4.74 Å². The van der Waals surface area contributed by atoms with Crippen LogP contribution < -0.4 is 14.8 Å². The van der Waals surface area contributed by atoms with Gasteiger partial charge in [-0.3, -0.25) is 9.89 Å². The van der Waals surface area contributed by atoms with Crippen LogP contribution in [0.25, 0.3) is 0 Å². The van der Waals surface area contributed by atoms with Gasteiger partial charge >= 0.3 is 0 Å². The number of hydrogen-bond acceptors (Lipinski definition) is 5. The third-order valence-corrected chi connectivity index (χ3v) is 5.18. The van der Waals surface area contributed by atoms with Crippen molar-refractivity contribution in [3.8, 4) is 11.5 Å². The Morgan fingerprint density at radius 2 is 1.89 bits per heavy atom. The summed E-state index contributed by atoms with van der Waals surface area (Å²) < 4.78 is 16.6. The van der Waals surface area contributed by atoms with E-state index in [2.05, 4.69) is 27.0 Å². The van der Waals surface area contributed by atoms with Crippen LogP contribution in [0.2, 0.25) is 0 Å². The molecule has 2 fully saturated rings. The molecule has 1 aromatic carbocycles. The van der Waals surface area contributed by atoms with E-state index >= 15 is 0 Å². The van der Waals surface area contributed by atoms with Gasteiger partial charge in [0.05, 0.1) is 26.9 Å². The molecular formula is C20H33IN4O3. The van der Waals surface area contributed by atoms with E-state index in [1.165, 1.54) is 6.42 Å². The van der Waals surface area contributed by atoms with Gasteiger partial charge in [0, 0.05) is 39.3 Å². The fourth-order valence-electron chi connectivity index (χ4n) is 3.67. The molecule has 1 aromatic rings. The number of aliphatic imine (C=N–C) groups is 1. The van der Waals surface area contributed by atoms with Gasteiger partial charge in [0.15, 0.2) is 5.96 Å². The van der Waals surface area contributed by atoms with Crippen LogP contribution in [0.15, 0.2) is 29.3 Å². The lowest BCUT2D eigenvalue weighted by atomic mass is 10.2. The molecule has 2 heterocycles. The standard InChI is InChI=1S/C20H32N4O3.HI/c1-16(27-19-6-4-18(25-3)5-7-19)14-22-20(21-2)24-9-8-17(15-24)23-10-12-26-13-11-23;/h4-7,16-17H,8-15H2,1-3H3,(H,21,22);1H. The van der Waals surface area contributed by atoms with Crippen LogP contribution in [-0.4, -0.2) is 88.0 Å². The predicted octanol–water partition coefficient (Wildman–Crippen LogP) is 2.06. The van der Waals surface area contributed by atoms with Crippen LogP contribution >= 0.6 is 24.0 Å². The summed E-state index contributed by atoms with van der Waals surface area (Å²) in [6.07, 6.45) is 1.21. The molecule has 0 aliphatic carbocycles. The number of ether oxygens (including phenoxy) is 3. The zero-order valence-electron chi connectivity index (χ0n) is 17.1. The summed E-state index contributed by atoms with van der Waals surface area (Å²) in [6, 6.07) is 8.27. The topological polar surface area (TPSA) is 58.6 Å². The number of benzene rings is 1. The van der Waals surface area contributed by atoms with Gasteiger partial charge in [-0.2, -0.15) is 0 Å². The molecule has 0 bridgehead atoms. The Bertz CT molecular complexity index is 608. The predicted molar refractivity (Wildman–Crippen MR) is 122 cm³/mol. The van der Waals surface area contributed by atoms with E-state index in [1.54, 1.807) is 7.11 Å². The average molecular weight is 504 g/mol. The van der Waals surface area contributed by atoms with Crippen molar-refractivity contribution in [1.82, 2.24) is 15.1 Å². The molecule has 158 valence electrons. The molecule has 2 unspecified atom stereocenters. The molecule has 8 heteroatoms. The Balaban J connectivity index is 0.00000280. The highest BCUT2D eigenvalue weighted by Gasteiger charge is 2.30. The molecule has 28 heavy (non-hydrogen) atoms. The number of methoxy groups -OCH3 is 1. The van der Waals surface area contributed by atoms with Crippen LogP contribution in [0.5, 0.6) is 11.5 Å². The minimum absolute atomic E-state index is 0. The van der Waals surface area contributed by atoms with E-state index in [-0.39, 0.29) is 30.1 Å². The van der Waals surface area contributed by atoms with E-state index < -0.39 is 0 Å². The molecule has 2 saturated heterocycles. The molecule has 0 amide bonds. The number of morpholine rings is 1. The number of nitrogens with one attached hydrogen (secondary N) is 1. The average Bonchev–Trinajstić information content (AvgIpc) is 3.20. The maximum Gasteiger partial charge on any atom is 0.193 e. The van der Waals surface area contributed by atoms with Crippen molar-refractivity contribution in [2.24, 2.45) is 4.99 Å². The molecule has 0 radical (unpaired) electrons. The summed E-state index contributed by atoms with van der Waals surface area (Å²) in [5.41, 5.74) is 0. The molecule has 2 atom stereocenters. The second-order valence-electron chi connectivity index (χ2n) is 7.07. The largest absolute Gasteiger partial charge is 0.497 e. The summed E-state index contributed by atoms with van der Waals surface area (Å²) in [6.45, 7) is 8.60. The minimum atomic E-state index is 0. The lowest BCUT2D eigenvalue weighted by Crippen LogP contribution is -2.47. The van der Waals surface area contributed by atoms with Crippen molar-refractivity contribution >= 4 is 29.9 Å². The van der Waals surface area contributed by atoms with Crippen molar-refractivity contribution in [3.63, 3.8) is 0 Å². The highest BCUT2D eigenvalue weighted by molar-refractivity contribution is 14.0. The van der Waals surface area contributed by atoms with Gasteiger partial charge in [-0.1, -0.05) is 0 Å². The van der Waals surface area contributed by atoms with E-state index in [0.717, 1.165) is 56.9 Å². The third-order valence-electron chi connectivity index (χ3n) is 5.18. The summed E-state index contributed by atoms with van der Waals surface area (Å²) in [4.78, 5) is 9.36. The molecule has 2 aliphatic rings. The van der Waals surface area contributed by atoms with Gasteiger partial charge in [-0.25, -0.2) is 0 Å². The summed E-state index contributed by atoms with van der Waals surface area (Å²) in [5.74, 6) is 2.63. The van der Waals surface area contributed by atoms with Gasteiger partial charge < -0.3 is 24.4 Å². The molecule has 7 nitrogen and oxygen atoms in total. The Morgan fingerprint density at radius 1 is 1.21 bits per heavy atom. The van der Waals surface area contributed by atoms with Crippen molar-refractivity contribution < 1.29 is 14.2 Å². The van der Waals surface area contributed by atoms with E-state index in [1.807, 2.05) is 31.3 Å². The highest BCUT2D eigenvalue weighted by Crippen LogP contribution is 2.19. The lowest BCUT2D eigenvalue weighted by Gasteiger charge is -2.32. The van der Waals surface area contributed by atoms with Gasteiger partial charge in [0.2, 0.25) is 0 Å². The highest BCUT2D eigenvalue weighted by atomic mass is 127. The Labute approximate surface area is 185 Å². The zero-order valence-corrected chi connectivity index (χ0v) is 19.4. The first-order valence-electron chi connectivity index (χ1n) is 9.77. The zero-order chi connectivity index (χ0) is 19.1. The van der Waals surface area contributed by atoms with Gasteiger partial charge in [0.25, 0.3) is 0 Å². The first kappa shape index (κ1) is 23.0. The van der Waals surface area contributed by atoms with Crippen molar-refractivity contribution in [1.29, 1.82) is 0 Å². The van der Waals surface area contributed by atoms with E-state index in [4.69, 9.17) is 14.2 Å². The van der Waals surface area contributed by atoms with Crippen LogP contribution in [0.4, 0.5) is 0 Å². The first-order valence-corrected chi connectivity index (χ1v) is 9.77. The van der Waals surface area contributed by atoms with Gasteiger partial charge in [0.1, 0.15) is 17.6 Å². The van der Waals surface area contributed by atoms with E-state index in [9.17, 15) is 0 Å². The summed E-state index contributed by atoms with van der Waals surface area (Å²) in [5, 5.41) is 3.46. The third kappa shape index (κ3) is 6.38. The number of rotatable bonds is 6. The lowest BCUT2D eigenvalue weighted by molar-refractivity contribution is 0.0194. The summed E-state index contributed by atoms with van der Waals surface area (Å²) in [7, 11) is 3.51. The SMILES string of the molecule is CN=C(NCC(C)Oc1ccc(OC)cc1)N1CCC(N2CCOCC2)C1.I. The Kier molecular flexibility index (Phi) is 9.60. The number of guanidine groups is 1. The number of hydrogen-bond donors (Lipinski definition) is 1. The fraction of sp³-hybridized carbons (Fsp3) is 0.650. The first-order chi connectivity index (χ1) is 13.2. The van der Waals surface area contributed by atoms with E-state index in [0.29, 0.717) is 12.6 Å². The fourth-order valence-corrected chi connectivity index (χ4v) is 3.67. The van der Waals surface area contributed by atoms with Crippen LogP contribution in [0.1, 0.15) is 13.3 Å². The molecule has 0 saturated carbocycles.